The Kier molecular flexibility index (Phi) is 4.00. The first-order chi connectivity index (χ1) is 8.56. The fourth-order valence-electron chi connectivity index (χ4n) is 1.95. The van der Waals surface area contributed by atoms with Gasteiger partial charge in [-0.2, -0.15) is 0 Å². The van der Waals surface area contributed by atoms with Gasteiger partial charge in [-0.15, -0.1) is 0 Å². The highest BCUT2D eigenvalue weighted by atomic mass is 35.5. The van der Waals surface area contributed by atoms with Gasteiger partial charge in [-0.3, -0.25) is 0 Å². The molecule has 1 unspecified atom stereocenters. The van der Waals surface area contributed by atoms with Crippen LogP contribution in [0.2, 0.25) is 5.02 Å². The van der Waals surface area contributed by atoms with E-state index in [1.54, 1.807) is 12.1 Å². The van der Waals surface area contributed by atoms with Crippen LogP contribution in [0.25, 0.3) is 0 Å². The van der Waals surface area contributed by atoms with Gasteiger partial charge in [0.1, 0.15) is 5.82 Å². The molecule has 0 aliphatic carbocycles. The molecule has 18 heavy (non-hydrogen) atoms. The molecule has 0 saturated heterocycles. The summed E-state index contributed by atoms with van der Waals surface area (Å²) in [5, 5.41) is 0.666. The van der Waals surface area contributed by atoms with Gasteiger partial charge in [-0.05, 0) is 54.3 Å². The van der Waals surface area contributed by atoms with Crippen molar-refractivity contribution in [3.8, 4) is 0 Å². The molecule has 0 aliphatic rings. The lowest BCUT2D eigenvalue weighted by atomic mass is 9.97. The molecule has 0 bridgehead atoms. The fourth-order valence-corrected chi connectivity index (χ4v) is 2.15. The number of hydrogen-bond donors (Lipinski definition) is 1. The first-order valence-electron chi connectivity index (χ1n) is 5.82. The van der Waals surface area contributed by atoms with Crippen LogP contribution in [0.1, 0.15) is 22.7 Å². The SMILES string of the molecule is Cc1ccc(F)cc1CC(N)c1cccc(Cl)c1. The van der Waals surface area contributed by atoms with Crippen LogP contribution in [0.4, 0.5) is 4.39 Å². The fraction of sp³-hybridized carbons (Fsp3) is 0.200. The van der Waals surface area contributed by atoms with E-state index >= 15 is 0 Å². The lowest BCUT2D eigenvalue weighted by molar-refractivity contribution is 0.621. The van der Waals surface area contributed by atoms with Crippen LogP contribution < -0.4 is 5.73 Å². The molecule has 0 fully saturated rings. The second-order valence-corrected chi connectivity index (χ2v) is 4.87. The van der Waals surface area contributed by atoms with Crippen LogP contribution in [0.3, 0.4) is 0 Å². The molecule has 2 aromatic carbocycles. The van der Waals surface area contributed by atoms with Crippen LogP contribution in [-0.4, -0.2) is 0 Å². The monoisotopic (exact) mass is 263 g/mol. The second kappa shape index (κ2) is 5.51. The molecule has 1 nitrogen and oxygen atoms in total. The molecule has 0 aromatic heterocycles. The predicted octanol–water partition coefficient (Wildman–Crippen LogP) is 4.03. The van der Waals surface area contributed by atoms with Crippen LogP contribution in [0.5, 0.6) is 0 Å². The molecule has 2 rings (SSSR count). The van der Waals surface area contributed by atoms with Crippen molar-refractivity contribution in [2.75, 3.05) is 0 Å². The number of nitrogens with two attached hydrogens (primary N) is 1. The topological polar surface area (TPSA) is 26.0 Å². The van der Waals surface area contributed by atoms with Crippen molar-refractivity contribution in [2.45, 2.75) is 19.4 Å². The van der Waals surface area contributed by atoms with E-state index in [0.29, 0.717) is 11.4 Å². The van der Waals surface area contributed by atoms with E-state index in [0.717, 1.165) is 16.7 Å². The zero-order valence-corrected chi connectivity index (χ0v) is 10.9. The minimum Gasteiger partial charge on any atom is -0.324 e. The number of hydrogen-bond acceptors (Lipinski definition) is 1. The van der Waals surface area contributed by atoms with Crippen LogP contribution in [0.15, 0.2) is 42.5 Å². The van der Waals surface area contributed by atoms with Gasteiger partial charge in [0.05, 0.1) is 0 Å². The van der Waals surface area contributed by atoms with Crippen LogP contribution >= 0.6 is 11.6 Å². The molecule has 0 heterocycles. The quantitative estimate of drug-likeness (QED) is 0.889. The van der Waals surface area contributed by atoms with Crippen molar-refractivity contribution >= 4 is 11.6 Å². The van der Waals surface area contributed by atoms with Crippen molar-refractivity contribution in [3.05, 3.63) is 70.0 Å². The number of benzene rings is 2. The minimum absolute atomic E-state index is 0.177. The zero-order valence-electron chi connectivity index (χ0n) is 10.2. The largest absolute Gasteiger partial charge is 0.324 e. The summed E-state index contributed by atoms with van der Waals surface area (Å²) >= 11 is 5.93. The Morgan fingerprint density at radius 1 is 1.22 bits per heavy atom. The Labute approximate surface area is 111 Å². The Balaban J connectivity index is 2.21. The minimum atomic E-state index is -0.228. The highest BCUT2D eigenvalue weighted by Gasteiger charge is 2.10. The van der Waals surface area contributed by atoms with Gasteiger partial charge >= 0.3 is 0 Å². The standard InChI is InChI=1S/C15H15ClFN/c1-10-5-6-14(17)8-12(10)9-15(18)11-3-2-4-13(16)7-11/h2-8,15H,9,18H2,1H3. The summed E-state index contributed by atoms with van der Waals surface area (Å²) in [7, 11) is 0. The molecule has 3 heteroatoms. The molecule has 2 aromatic rings. The Bertz CT molecular complexity index is 554. The lowest BCUT2D eigenvalue weighted by Crippen LogP contribution is -2.14. The molecule has 0 amide bonds. The Morgan fingerprint density at radius 2 is 2.00 bits per heavy atom. The third-order valence-corrected chi connectivity index (χ3v) is 3.26. The molecule has 0 radical (unpaired) electrons. The summed E-state index contributed by atoms with van der Waals surface area (Å²) in [5.74, 6) is -0.228. The molecular weight excluding hydrogens is 249 g/mol. The molecule has 2 N–H and O–H groups in total. The summed E-state index contributed by atoms with van der Waals surface area (Å²) in [6.07, 6.45) is 0.601. The Morgan fingerprint density at radius 3 is 2.72 bits per heavy atom. The van der Waals surface area contributed by atoms with E-state index in [-0.39, 0.29) is 11.9 Å². The number of halogens is 2. The summed E-state index contributed by atoms with van der Waals surface area (Å²) in [6.45, 7) is 1.96. The Hall–Kier alpha value is -1.38. The summed E-state index contributed by atoms with van der Waals surface area (Å²) in [6, 6.07) is 12.1. The molecular formula is C15H15ClFN. The van der Waals surface area contributed by atoms with Crippen molar-refractivity contribution in [1.29, 1.82) is 0 Å². The van der Waals surface area contributed by atoms with Gasteiger partial charge in [-0.25, -0.2) is 4.39 Å². The van der Waals surface area contributed by atoms with Gasteiger partial charge in [0.2, 0.25) is 0 Å². The number of rotatable bonds is 3. The van der Waals surface area contributed by atoms with Crippen molar-refractivity contribution in [1.82, 2.24) is 0 Å². The van der Waals surface area contributed by atoms with Gasteiger partial charge in [0.15, 0.2) is 0 Å². The summed E-state index contributed by atoms with van der Waals surface area (Å²) in [5.41, 5.74) is 9.08. The first kappa shape index (κ1) is 13.1. The summed E-state index contributed by atoms with van der Waals surface area (Å²) < 4.78 is 13.2. The van der Waals surface area contributed by atoms with Crippen LogP contribution in [0, 0.1) is 12.7 Å². The van der Waals surface area contributed by atoms with Gasteiger partial charge in [0, 0.05) is 11.1 Å². The average Bonchev–Trinajstić information content (AvgIpc) is 2.34. The normalized spacial score (nSPS) is 12.4. The van der Waals surface area contributed by atoms with E-state index in [2.05, 4.69) is 0 Å². The molecule has 0 aliphatic heterocycles. The van der Waals surface area contributed by atoms with E-state index in [1.807, 2.05) is 31.2 Å². The zero-order chi connectivity index (χ0) is 13.1. The third kappa shape index (κ3) is 3.09. The highest BCUT2D eigenvalue weighted by Crippen LogP contribution is 2.21. The third-order valence-electron chi connectivity index (χ3n) is 3.03. The molecule has 1 atom stereocenters. The van der Waals surface area contributed by atoms with Crippen LogP contribution in [-0.2, 0) is 6.42 Å². The van der Waals surface area contributed by atoms with Crippen molar-refractivity contribution < 1.29 is 4.39 Å². The molecule has 0 saturated carbocycles. The highest BCUT2D eigenvalue weighted by molar-refractivity contribution is 6.30. The summed E-state index contributed by atoms with van der Waals surface area (Å²) in [4.78, 5) is 0. The van der Waals surface area contributed by atoms with Gasteiger partial charge in [0.25, 0.3) is 0 Å². The smallest absolute Gasteiger partial charge is 0.123 e. The van der Waals surface area contributed by atoms with E-state index in [9.17, 15) is 4.39 Å². The lowest BCUT2D eigenvalue weighted by Gasteiger charge is -2.14. The van der Waals surface area contributed by atoms with Crippen molar-refractivity contribution in [2.24, 2.45) is 5.73 Å². The predicted molar refractivity (Wildman–Crippen MR) is 73.2 cm³/mol. The van der Waals surface area contributed by atoms with Gasteiger partial charge < -0.3 is 5.73 Å². The van der Waals surface area contributed by atoms with Crippen molar-refractivity contribution in [3.63, 3.8) is 0 Å². The maximum atomic E-state index is 13.2. The molecule has 0 spiro atoms. The van der Waals surface area contributed by atoms with E-state index in [4.69, 9.17) is 17.3 Å². The maximum Gasteiger partial charge on any atom is 0.123 e. The second-order valence-electron chi connectivity index (χ2n) is 4.44. The van der Waals surface area contributed by atoms with E-state index < -0.39 is 0 Å². The maximum absolute atomic E-state index is 13.2. The first-order valence-corrected chi connectivity index (χ1v) is 6.20. The average molecular weight is 264 g/mol. The molecule has 94 valence electrons. The number of aryl methyl sites for hydroxylation is 1. The van der Waals surface area contributed by atoms with Gasteiger partial charge in [-0.1, -0.05) is 29.8 Å². The van der Waals surface area contributed by atoms with E-state index in [1.165, 1.54) is 6.07 Å².